The molecule has 0 rings (SSSR count). The molecule has 0 amide bonds. The topological polar surface area (TPSA) is 21.3 Å². The minimum Gasteiger partial charge on any atom is -0.368 e. The molecule has 0 spiro atoms. The van der Waals surface area contributed by atoms with Gasteiger partial charge >= 0.3 is 6.18 Å². The van der Waals surface area contributed by atoms with Gasteiger partial charge in [0, 0.05) is 18.0 Å². The molecule has 0 aliphatic heterocycles. The van der Waals surface area contributed by atoms with Gasteiger partial charge in [-0.2, -0.15) is 13.2 Å². The van der Waals surface area contributed by atoms with Gasteiger partial charge in [-0.3, -0.25) is 0 Å². The minimum atomic E-state index is -4.28. The van der Waals surface area contributed by atoms with E-state index < -0.39 is 12.3 Å². The van der Waals surface area contributed by atoms with Crippen molar-refractivity contribution in [1.82, 2.24) is 5.32 Å². The molecule has 0 aliphatic rings. The average molecular weight is 241 g/mol. The first-order valence-electron chi connectivity index (χ1n) is 5.46. The second-order valence-corrected chi connectivity index (χ2v) is 5.19. The van der Waals surface area contributed by atoms with Crippen LogP contribution in [0.25, 0.3) is 0 Å². The van der Waals surface area contributed by atoms with E-state index in [0.717, 1.165) is 6.92 Å². The highest BCUT2D eigenvalue weighted by atomic mass is 19.4. The van der Waals surface area contributed by atoms with Crippen molar-refractivity contribution in [1.29, 1.82) is 0 Å². The summed E-state index contributed by atoms with van der Waals surface area (Å²) in [6, 6.07) is 0.319. The molecule has 0 aromatic carbocycles. The van der Waals surface area contributed by atoms with Crippen molar-refractivity contribution in [2.75, 3.05) is 13.2 Å². The summed E-state index contributed by atoms with van der Waals surface area (Å²) >= 11 is 0. The summed E-state index contributed by atoms with van der Waals surface area (Å²) < 4.78 is 41.4. The molecular weight excluding hydrogens is 219 g/mol. The van der Waals surface area contributed by atoms with Crippen LogP contribution in [0.15, 0.2) is 0 Å². The molecule has 0 fully saturated rings. The van der Waals surface area contributed by atoms with Gasteiger partial charge in [0.2, 0.25) is 0 Å². The standard InChI is InChI=1S/C11H22F3NO/c1-8(2)15-6-10(4,5)7-16-9(3)11(12,13)14/h8-9,15H,6-7H2,1-5H3. The largest absolute Gasteiger partial charge is 0.414 e. The fourth-order valence-corrected chi connectivity index (χ4v) is 0.977. The van der Waals surface area contributed by atoms with E-state index >= 15 is 0 Å². The van der Waals surface area contributed by atoms with Crippen molar-refractivity contribution < 1.29 is 17.9 Å². The molecule has 2 nitrogen and oxygen atoms in total. The molecule has 0 aliphatic carbocycles. The lowest BCUT2D eigenvalue weighted by Crippen LogP contribution is -2.39. The number of ether oxygens (including phenoxy) is 1. The van der Waals surface area contributed by atoms with E-state index in [-0.39, 0.29) is 12.0 Å². The normalized spacial score (nSPS) is 15.6. The summed E-state index contributed by atoms with van der Waals surface area (Å²) in [7, 11) is 0. The highest BCUT2D eigenvalue weighted by Crippen LogP contribution is 2.24. The Balaban J connectivity index is 3.99. The maximum Gasteiger partial charge on any atom is 0.414 e. The van der Waals surface area contributed by atoms with Gasteiger partial charge in [0.25, 0.3) is 0 Å². The van der Waals surface area contributed by atoms with Gasteiger partial charge < -0.3 is 10.1 Å². The first-order chi connectivity index (χ1) is 7.04. The zero-order chi connectivity index (χ0) is 13.0. The van der Waals surface area contributed by atoms with Gasteiger partial charge in [0.05, 0.1) is 6.61 Å². The number of rotatable bonds is 6. The van der Waals surface area contributed by atoms with E-state index in [0.29, 0.717) is 12.6 Å². The highest BCUT2D eigenvalue weighted by molar-refractivity contribution is 4.73. The van der Waals surface area contributed by atoms with Gasteiger partial charge in [-0.25, -0.2) is 0 Å². The number of alkyl halides is 3. The van der Waals surface area contributed by atoms with Gasteiger partial charge in [-0.05, 0) is 6.92 Å². The molecule has 0 bridgehead atoms. The number of halogens is 3. The summed E-state index contributed by atoms with van der Waals surface area (Å²) in [6.07, 6.45) is -5.98. The SMILES string of the molecule is CC(C)NCC(C)(C)COC(C)C(F)(F)F. The molecule has 0 aromatic rings. The van der Waals surface area contributed by atoms with Crippen molar-refractivity contribution in [2.24, 2.45) is 5.41 Å². The summed E-state index contributed by atoms with van der Waals surface area (Å²) in [5.74, 6) is 0. The van der Waals surface area contributed by atoms with Crippen molar-refractivity contribution in [3.8, 4) is 0 Å². The Morgan fingerprint density at radius 3 is 2.00 bits per heavy atom. The van der Waals surface area contributed by atoms with Crippen LogP contribution in [-0.2, 0) is 4.74 Å². The second kappa shape index (κ2) is 5.87. The molecule has 16 heavy (non-hydrogen) atoms. The van der Waals surface area contributed by atoms with Crippen LogP contribution in [0, 0.1) is 5.41 Å². The predicted molar refractivity (Wildman–Crippen MR) is 58.4 cm³/mol. The van der Waals surface area contributed by atoms with Gasteiger partial charge in [-0.15, -0.1) is 0 Å². The lowest BCUT2D eigenvalue weighted by Gasteiger charge is -2.28. The molecule has 0 saturated carbocycles. The molecule has 0 heterocycles. The first kappa shape index (κ1) is 15.7. The van der Waals surface area contributed by atoms with Gasteiger partial charge in [0.1, 0.15) is 0 Å². The third-order valence-electron chi connectivity index (χ3n) is 2.17. The summed E-state index contributed by atoms with van der Waals surface area (Å²) in [6.45, 7) is 9.51. The minimum absolute atomic E-state index is 0.0907. The van der Waals surface area contributed by atoms with Crippen LogP contribution in [0.1, 0.15) is 34.6 Å². The molecule has 0 saturated heterocycles. The van der Waals surface area contributed by atoms with E-state index in [9.17, 15) is 13.2 Å². The summed E-state index contributed by atoms with van der Waals surface area (Å²) in [5, 5.41) is 3.19. The van der Waals surface area contributed by atoms with Crippen LogP contribution in [0.2, 0.25) is 0 Å². The van der Waals surface area contributed by atoms with Crippen LogP contribution >= 0.6 is 0 Å². The summed E-state index contributed by atoms with van der Waals surface area (Å²) in [5.41, 5.74) is -0.302. The molecular formula is C11H22F3NO. The zero-order valence-electron chi connectivity index (χ0n) is 10.6. The predicted octanol–water partition coefficient (Wildman–Crippen LogP) is 2.98. The van der Waals surface area contributed by atoms with Crippen LogP contribution < -0.4 is 5.32 Å². The van der Waals surface area contributed by atoms with Crippen molar-refractivity contribution in [2.45, 2.75) is 52.9 Å². The molecule has 1 atom stereocenters. The second-order valence-electron chi connectivity index (χ2n) is 5.19. The van der Waals surface area contributed by atoms with Gasteiger partial charge in [0.15, 0.2) is 6.10 Å². The fourth-order valence-electron chi connectivity index (χ4n) is 0.977. The van der Waals surface area contributed by atoms with E-state index in [1.807, 2.05) is 27.7 Å². The molecule has 0 radical (unpaired) electrons. The fraction of sp³-hybridized carbons (Fsp3) is 1.00. The Bertz CT molecular complexity index is 202. The Morgan fingerprint density at radius 1 is 1.12 bits per heavy atom. The molecule has 0 aromatic heterocycles. The van der Waals surface area contributed by atoms with Crippen molar-refractivity contribution in [3.05, 3.63) is 0 Å². The van der Waals surface area contributed by atoms with Crippen molar-refractivity contribution >= 4 is 0 Å². The van der Waals surface area contributed by atoms with E-state index in [1.165, 1.54) is 0 Å². The van der Waals surface area contributed by atoms with Crippen LogP contribution in [-0.4, -0.2) is 31.5 Å². The highest BCUT2D eigenvalue weighted by Gasteiger charge is 2.37. The molecule has 1 unspecified atom stereocenters. The maximum atomic E-state index is 12.2. The van der Waals surface area contributed by atoms with Gasteiger partial charge in [-0.1, -0.05) is 27.7 Å². The Kier molecular flexibility index (Phi) is 5.76. The number of nitrogens with one attached hydrogen (secondary N) is 1. The third-order valence-corrected chi connectivity index (χ3v) is 2.17. The van der Waals surface area contributed by atoms with Crippen molar-refractivity contribution in [3.63, 3.8) is 0 Å². The molecule has 98 valence electrons. The van der Waals surface area contributed by atoms with Crippen LogP contribution in [0.5, 0.6) is 0 Å². The van der Waals surface area contributed by atoms with E-state index in [4.69, 9.17) is 4.74 Å². The molecule has 1 N–H and O–H groups in total. The van der Waals surface area contributed by atoms with E-state index in [1.54, 1.807) is 0 Å². The zero-order valence-corrected chi connectivity index (χ0v) is 10.6. The third kappa shape index (κ3) is 7.06. The Morgan fingerprint density at radius 2 is 1.62 bits per heavy atom. The Hall–Kier alpha value is -0.290. The Labute approximate surface area is 95.5 Å². The first-order valence-corrected chi connectivity index (χ1v) is 5.46. The molecule has 5 heteroatoms. The number of hydrogen-bond acceptors (Lipinski definition) is 2. The monoisotopic (exact) mass is 241 g/mol. The maximum absolute atomic E-state index is 12.2. The lowest BCUT2D eigenvalue weighted by atomic mass is 9.94. The lowest BCUT2D eigenvalue weighted by molar-refractivity contribution is -0.220. The number of hydrogen-bond donors (Lipinski definition) is 1. The average Bonchev–Trinajstić information content (AvgIpc) is 2.10. The summed E-state index contributed by atoms with van der Waals surface area (Å²) in [4.78, 5) is 0. The smallest absolute Gasteiger partial charge is 0.368 e. The van der Waals surface area contributed by atoms with E-state index in [2.05, 4.69) is 5.32 Å². The van der Waals surface area contributed by atoms with Crippen LogP contribution in [0.4, 0.5) is 13.2 Å². The quantitative estimate of drug-likeness (QED) is 0.772. The van der Waals surface area contributed by atoms with Crippen LogP contribution in [0.3, 0.4) is 0 Å².